The summed E-state index contributed by atoms with van der Waals surface area (Å²) < 4.78 is 0. The number of nitrogens with zero attached hydrogens (tertiary/aromatic N) is 2. The van der Waals surface area contributed by atoms with Crippen LogP contribution in [0.25, 0.3) is 0 Å². The van der Waals surface area contributed by atoms with Crippen molar-refractivity contribution < 1.29 is 19.6 Å². The molecule has 0 spiro atoms. The van der Waals surface area contributed by atoms with E-state index in [9.17, 15) is 19.7 Å². The van der Waals surface area contributed by atoms with Crippen LogP contribution in [0.4, 0.5) is 11.4 Å². The summed E-state index contributed by atoms with van der Waals surface area (Å²) in [5.41, 5.74) is -0.710. The molecule has 0 aromatic heterocycles. The summed E-state index contributed by atoms with van der Waals surface area (Å²) in [5.74, 6) is -1.61. The molecule has 1 saturated heterocycles. The van der Waals surface area contributed by atoms with Gasteiger partial charge in [0.15, 0.2) is 0 Å². The maximum absolute atomic E-state index is 11.3. The monoisotopic (exact) mass is 265 g/mol. The van der Waals surface area contributed by atoms with Crippen molar-refractivity contribution in [1.82, 2.24) is 5.32 Å². The van der Waals surface area contributed by atoms with Crippen molar-refractivity contribution >= 4 is 23.3 Å². The van der Waals surface area contributed by atoms with Gasteiger partial charge < -0.3 is 15.3 Å². The zero-order valence-electron chi connectivity index (χ0n) is 9.83. The van der Waals surface area contributed by atoms with E-state index in [0.29, 0.717) is 13.1 Å². The Balaban J connectivity index is 2.50. The summed E-state index contributed by atoms with van der Waals surface area (Å²) in [6.07, 6.45) is 0. The normalized spacial score (nSPS) is 14.9. The van der Waals surface area contributed by atoms with Crippen LogP contribution in [0.5, 0.6) is 0 Å². The maximum Gasteiger partial charge on any atom is 0.342 e. The number of para-hydroxylation sites is 1. The molecule has 19 heavy (non-hydrogen) atoms. The lowest BCUT2D eigenvalue weighted by Gasteiger charge is -2.28. The topological polar surface area (TPSA) is 113 Å². The number of anilines is 1. The average molecular weight is 265 g/mol. The van der Waals surface area contributed by atoms with Crippen LogP contribution in [-0.2, 0) is 4.79 Å². The predicted molar refractivity (Wildman–Crippen MR) is 65.3 cm³/mol. The lowest BCUT2D eigenvalue weighted by atomic mass is 10.1. The van der Waals surface area contributed by atoms with Gasteiger partial charge in [0.1, 0.15) is 11.3 Å². The number of carbonyl (C=O) groups excluding carboxylic acids is 1. The van der Waals surface area contributed by atoms with Crippen molar-refractivity contribution in [3.8, 4) is 0 Å². The number of piperazine rings is 1. The summed E-state index contributed by atoms with van der Waals surface area (Å²) in [6.45, 7) is 0.743. The first-order valence-electron chi connectivity index (χ1n) is 5.53. The van der Waals surface area contributed by atoms with E-state index in [2.05, 4.69) is 5.32 Å². The van der Waals surface area contributed by atoms with E-state index in [1.165, 1.54) is 23.1 Å². The van der Waals surface area contributed by atoms with Crippen LogP contribution in [0.15, 0.2) is 18.2 Å². The van der Waals surface area contributed by atoms with Crippen molar-refractivity contribution in [1.29, 1.82) is 0 Å². The standard InChI is InChI=1S/C11H11N3O5/c15-9-6-13(5-4-12-9)8-3-1-2-7(11(16)17)10(8)14(18)19/h1-3H,4-6H2,(H,12,15)(H,16,17). The van der Waals surface area contributed by atoms with Crippen LogP contribution in [0.1, 0.15) is 10.4 Å². The highest BCUT2D eigenvalue weighted by Gasteiger charge is 2.29. The van der Waals surface area contributed by atoms with Gasteiger partial charge in [-0.3, -0.25) is 14.9 Å². The molecular weight excluding hydrogens is 254 g/mol. The predicted octanol–water partition coefficient (Wildman–Crippen LogP) is 0.229. The third kappa shape index (κ3) is 2.46. The smallest absolute Gasteiger partial charge is 0.342 e. The Morgan fingerprint density at radius 3 is 2.79 bits per heavy atom. The molecule has 8 nitrogen and oxygen atoms in total. The van der Waals surface area contributed by atoms with Crippen LogP contribution in [0.3, 0.4) is 0 Å². The minimum absolute atomic E-state index is 0.0239. The molecule has 2 rings (SSSR count). The molecule has 1 aliphatic rings. The molecule has 0 unspecified atom stereocenters. The first kappa shape index (κ1) is 12.8. The van der Waals surface area contributed by atoms with Gasteiger partial charge >= 0.3 is 11.7 Å². The summed E-state index contributed by atoms with van der Waals surface area (Å²) >= 11 is 0. The molecule has 8 heteroatoms. The number of hydrogen-bond acceptors (Lipinski definition) is 5. The molecule has 0 saturated carbocycles. The number of carboxylic acid groups (broad SMARTS) is 1. The van der Waals surface area contributed by atoms with E-state index in [0.717, 1.165) is 0 Å². The fourth-order valence-electron chi connectivity index (χ4n) is 2.00. The number of nitro groups is 1. The second-order valence-electron chi connectivity index (χ2n) is 4.01. The Morgan fingerprint density at radius 2 is 2.21 bits per heavy atom. The van der Waals surface area contributed by atoms with E-state index in [1.54, 1.807) is 0 Å². The van der Waals surface area contributed by atoms with E-state index in [1.807, 2.05) is 0 Å². The Kier molecular flexibility index (Phi) is 3.32. The lowest BCUT2D eigenvalue weighted by molar-refractivity contribution is -0.384. The SMILES string of the molecule is O=C1CN(c2cccc(C(=O)O)c2[N+](=O)[O-])CCN1. The summed E-state index contributed by atoms with van der Waals surface area (Å²) in [7, 11) is 0. The second kappa shape index (κ2) is 4.92. The summed E-state index contributed by atoms with van der Waals surface area (Å²) in [6, 6.07) is 4.05. The number of nitrogens with one attached hydrogen (secondary N) is 1. The highest BCUT2D eigenvalue weighted by molar-refractivity contribution is 5.96. The highest BCUT2D eigenvalue weighted by atomic mass is 16.6. The molecule has 2 N–H and O–H groups in total. The van der Waals surface area contributed by atoms with Crippen molar-refractivity contribution in [3.63, 3.8) is 0 Å². The minimum atomic E-state index is -1.37. The molecule has 0 radical (unpaired) electrons. The van der Waals surface area contributed by atoms with Gasteiger partial charge in [-0.05, 0) is 12.1 Å². The minimum Gasteiger partial charge on any atom is -0.477 e. The molecule has 0 aliphatic carbocycles. The Morgan fingerprint density at radius 1 is 1.47 bits per heavy atom. The number of carboxylic acids is 1. The molecule has 1 aromatic carbocycles. The summed E-state index contributed by atoms with van der Waals surface area (Å²) in [4.78, 5) is 34.2. The van der Waals surface area contributed by atoms with Crippen LogP contribution >= 0.6 is 0 Å². The largest absolute Gasteiger partial charge is 0.477 e. The van der Waals surface area contributed by atoms with Gasteiger partial charge in [0.2, 0.25) is 5.91 Å². The number of carbonyl (C=O) groups is 2. The van der Waals surface area contributed by atoms with Crippen molar-refractivity contribution in [2.24, 2.45) is 0 Å². The van der Waals surface area contributed by atoms with Crippen molar-refractivity contribution in [2.75, 3.05) is 24.5 Å². The number of hydrogen-bond donors (Lipinski definition) is 2. The number of nitro benzene ring substituents is 1. The van der Waals surface area contributed by atoms with Crippen molar-refractivity contribution in [2.45, 2.75) is 0 Å². The van der Waals surface area contributed by atoms with Gasteiger partial charge in [0, 0.05) is 13.1 Å². The van der Waals surface area contributed by atoms with E-state index < -0.39 is 16.6 Å². The molecular formula is C11H11N3O5. The molecule has 100 valence electrons. The zero-order chi connectivity index (χ0) is 14.0. The quantitative estimate of drug-likeness (QED) is 0.597. The van der Waals surface area contributed by atoms with Gasteiger partial charge in [-0.15, -0.1) is 0 Å². The van der Waals surface area contributed by atoms with E-state index >= 15 is 0 Å². The number of aromatic carboxylic acids is 1. The number of amides is 1. The second-order valence-corrected chi connectivity index (χ2v) is 4.01. The van der Waals surface area contributed by atoms with Gasteiger partial charge in [-0.25, -0.2) is 4.79 Å². The maximum atomic E-state index is 11.3. The first-order valence-corrected chi connectivity index (χ1v) is 5.53. The third-order valence-corrected chi connectivity index (χ3v) is 2.81. The fourth-order valence-corrected chi connectivity index (χ4v) is 2.00. The Bertz CT molecular complexity index is 557. The van der Waals surface area contributed by atoms with Crippen LogP contribution in [0.2, 0.25) is 0 Å². The van der Waals surface area contributed by atoms with Crippen LogP contribution in [-0.4, -0.2) is 41.5 Å². The van der Waals surface area contributed by atoms with Crippen LogP contribution < -0.4 is 10.2 Å². The molecule has 0 atom stereocenters. The van der Waals surface area contributed by atoms with E-state index in [-0.39, 0.29) is 23.7 Å². The molecule has 1 fully saturated rings. The first-order chi connectivity index (χ1) is 9.00. The third-order valence-electron chi connectivity index (χ3n) is 2.81. The Labute approximate surface area is 107 Å². The van der Waals surface area contributed by atoms with Gasteiger partial charge in [0.05, 0.1) is 11.5 Å². The number of benzene rings is 1. The molecule has 1 heterocycles. The Hall–Kier alpha value is -2.64. The lowest BCUT2D eigenvalue weighted by Crippen LogP contribution is -2.47. The van der Waals surface area contributed by atoms with Gasteiger partial charge in [-0.2, -0.15) is 0 Å². The van der Waals surface area contributed by atoms with Gasteiger partial charge in [-0.1, -0.05) is 6.07 Å². The van der Waals surface area contributed by atoms with Gasteiger partial charge in [0.25, 0.3) is 0 Å². The van der Waals surface area contributed by atoms with E-state index in [4.69, 9.17) is 5.11 Å². The molecule has 1 aliphatic heterocycles. The van der Waals surface area contributed by atoms with Crippen molar-refractivity contribution in [3.05, 3.63) is 33.9 Å². The molecule has 1 amide bonds. The zero-order valence-corrected chi connectivity index (χ0v) is 9.83. The number of rotatable bonds is 3. The highest BCUT2D eigenvalue weighted by Crippen LogP contribution is 2.32. The van der Waals surface area contributed by atoms with Crippen LogP contribution in [0, 0.1) is 10.1 Å². The summed E-state index contributed by atoms with van der Waals surface area (Å²) in [5, 5.41) is 22.7. The molecule has 1 aromatic rings. The fraction of sp³-hybridized carbons (Fsp3) is 0.273. The average Bonchev–Trinajstić information content (AvgIpc) is 2.37. The molecule has 0 bridgehead atoms.